The number of rotatable bonds is 5. The molecule has 234 valence electrons. The molecule has 0 spiro atoms. The number of aliphatic hydroxyl groups is 1. The Hall–Kier alpha value is -4.04. The van der Waals surface area contributed by atoms with Crippen LogP contribution in [0.15, 0.2) is 18.2 Å². The Bertz CT molecular complexity index is 1590. The smallest absolute Gasteiger partial charge is 0.411 e. The molecule has 2 saturated heterocycles. The SMILES string of the molecule is CCOC(=O)N1COC2C(C)OC(OC3C[C@](O)(C(C)=O)Cc4c(O)c5c(c(O)c43)C(=O)c3c(OC)cccc3C5=O)CC21. The molecule has 0 saturated carbocycles. The van der Waals surface area contributed by atoms with Gasteiger partial charge < -0.3 is 39.0 Å². The van der Waals surface area contributed by atoms with Crippen LogP contribution in [-0.2, 0) is 30.2 Å². The highest BCUT2D eigenvalue weighted by Gasteiger charge is 2.51. The number of methoxy groups -OCH3 is 1. The van der Waals surface area contributed by atoms with Gasteiger partial charge in [0.2, 0.25) is 5.78 Å². The van der Waals surface area contributed by atoms with E-state index >= 15 is 0 Å². The largest absolute Gasteiger partial charge is 0.507 e. The van der Waals surface area contributed by atoms with Crippen molar-refractivity contribution in [2.75, 3.05) is 20.4 Å². The van der Waals surface area contributed by atoms with Gasteiger partial charge in [-0.3, -0.25) is 19.3 Å². The summed E-state index contributed by atoms with van der Waals surface area (Å²) in [7, 11) is 1.34. The van der Waals surface area contributed by atoms with Crippen LogP contribution in [0.4, 0.5) is 4.79 Å². The van der Waals surface area contributed by atoms with Crippen LogP contribution in [-0.4, -0.2) is 94.3 Å². The van der Waals surface area contributed by atoms with Crippen molar-refractivity contribution in [3.05, 3.63) is 51.6 Å². The Labute approximate surface area is 252 Å². The number of Topliss-reactive ketones (excluding diaryl/α,β-unsaturated/α-hetero) is 1. The predicted octanol–water partition coefficient (Wildman–Crippen LogP) is 2.52. The first-order valence-corrected chi connectivity index (χ1v) is 14.4. The zero-order valence-corrected chi connectivity index (χ0v) is 24.6. The lowest BCUT2D eigenvalue weighted by atomic mass is 9.72. The van der Waals surface area contributed by atoms with Crippen LogP contribution < -0.4 is 4.74 Å². The summed E-state index contributed by atoms with van der Waals surface area (Å²) in [5.41, 5.74) is -3.12. The highest BCUT2D eigenvalue weighted by molar-refractivity contribution is 6.31. The number of fused-ring (bicyclic) bond motifs is 4. The van der Waals surface area contributed by atoms with E-state index in [9.17, 15) is 34.5 Å². The molecule has 0 aromatic heterocycles. The van der Waals surface area contributed by atoms with Gasteiger partial charge in [0.15, 0.2) is 17.9 Å². The molecule has 5 unspecified atom stereocenters. The minimum atomic E-state index is -2.03. The second-order valence-corrected chi connectivity index (χ2v) is 11.5. The Kier molecular flexibility index (Phi) is 7.39. The molecular weight excluding hydrogens is 578 g/mol. The fraction of sp³-hybridized carbons (Fsp3) is 0.484. The van der Waals surface area contributed by atoms with E-state index in [4.69, 9.17) is 23.7 Å². The number of benzene rings is 2. The minimum Gasteiger partial charge on any atom is -0.507 e. The molecule has 2 aliphatic heterocycles. The van der Waals surface area contributed by atoms with E-state index in [0.717, 1.165) is 0 Å². The van der Waals surface area contributed by atoms with Crippen molar-refractivity contribution in [2.24, 2.45) is 0 Å². The summed E-state index contributed by atoms with van der Waals surface area (Å²) in [5, 5.41) is 34.6. The number of amides is 1. The first kappa shape index (κ1) is 30.0. The molecule has 13 heteroatoms. The third-order valence-electron chi connectivity index (χ3n) is 9.00. The molecule has 4 aliphatic rings. The maximum Gasteiger partial charge on any atom is 0.411 e. The highest BCUT2D eigenvalue weighted by atomic mass is 16.7. The topological polar surface area (TPSA) is 178 Å². The number of aromatic hydroxyl groups is 2. The fourth-order valence-corrected chi connectivity index (χ4v) is 6.80. The van der Waals surface area contributed by atoms with Gasteiger partial charge >= 0.3 is 6.09 Å². The van der Waals surface area contributed by atoms with Crippen molar-refractivity contribution in [1.82, 2.24) is 4.90 Å². The normalized spacial score (nSPS) is 28.9. The average Bonchev–Trinajstić information content (AvgIpc) is 3.42. The number of carbonyl (C=O) groups is 4. The average molecular weight is 612 g/mol. The van der Waals surface area contributed by atoms with Crippen molar-refractivity contribution < 1.29 is 58.2 Å². The summed E-state index contributed by atoms with van der Waals surface area (Å²) in [6, 6.07) is 3.96. The zero-order valence-electron chi connectivity index (χ0n) is 24.6. The molecule has 0 bridgehead atoms. The van der Waals surface area contributed by atoms with Gasteiger partial charge in [-0.25, -0.2) is 4.79 Å². The van der Waals surface area contributed by atoms with Crippen LogP contribution in [0.1, 0.15) is 82.7 Å². The molecule has 6 rings (SSSR count). The summed E-state index contributed by atoms with van der Waals surface area (Å²) < 4.78 is 28.6. The lowest BCUT2D eigenvalue weighted by Gasteiger charge is -2.42. The molecular formula is C31H33NO12. The van der Waals surface area contributed by atoms with Crippen molar-refractivity contribution in [1.29, 1.82) is 0 Å². The first-order chi connectivity index (χ1) is 20.9. The van der Waals surface area contributed by atoms with Crippen LogP contribution in [0.2, 0.25) is 0 Å². The maximum absolute atomic E-state index is 13.8. The monoisotopic (exact) mass is 611 g/mol. The van der Waals surface area contributed by atoms with E-state index in [0.29, 0.717) is 0 Å². The molecule has 1 amide bonds. The molecule has 2 aromatic carbocycles. The van der Waals surface area contributed by atoms with Gasteiger partial charge in [0.1, 0.15) is 35.7 Å². The molecule has 3 N–H and O–H groups in total. The lowest BCUT2D eigenvalue weighted by Crippen LogP contribution is -2.52. The Morgan fingerprint density at radius 1 is 1.11 bits per heavy atom. The third kappa shape index (κ3) is 4.45. The Morgan fingerprint density at radius 3 is 2.52 bits per heavy atom. The number of hydrogen-bond acceptors (Lipinski definition) is 12. The number of carbonyl (C=O) groups excluding carboxylic acids is 4. The number of nitrogens with zero attached hydrogens (tertiary/aromatic N) is 1. The predicted molar refractivity (Wildman–Crippen MR) is 149 cm³/mol. The number of ether oxygens (including phenoxy) is 5. The second-order valence-electron chi connectivity index (χ2n) is 11.5. The summed E-state index contributed by atoms with van der Waals surface area (Å²) in [6.45, 7) is 4.79. The number of hydrogen-bond donors (Lipinski definition) is 3. The van der Waals surface area contributed by atoms with Gasteiger partial charge in [-0.15, -0.1) is 0 Å². The Morgan fingerprint density at radius 2 is 1.84 bits per heavy atom. The standard InChI is InChI=1S/C31H33NO12/c1-5-41-30(38)32-12-42-29-13(2)43-20(9-17(29)32)44-19-11-31(39,14(3)33)10-16-22(19)28(37)24-23(26(16)35)25(34)15-7-6-8-18(40-4)21(15)27(24)36/h6-8,13,17,19-20,29,35,37,39H,5,9-12H2,1-4H3/t13?,17?,19?,20?,29?,31-/m0/s1. The quantitative estimate of drug-likeness (QED) is 0.360. The van der Waals surface area contributed by atoms with E-state index in [1.807, 2.05) is 0 Å². The van der Waals surface area contributed by atoms with Crippen LogP contribution in [0.3, 0.4) is 0 Å². The van der Waals surface area contributed by atoms with Gasteiger partial charge in [0, 0.05) is 36.0 Å². The van der Waals surface area contributed by atoms with Crippen LogP contribution in [0.25, 0.3) is 0 Å². The fourth-order valence-electron chi connectivity index (χ4n) is 6.80. The summed E-state index contributed by atoms with van der Waals surface area (Å²) in [4.78, 5) is 54.1. The molecule has 2 fully saturated rings. The molecule has 2 aliphatic carbocycles. The van der Waals surface area contributed by atoms with Gasteiger partial charge in [-0.2, -0.15) is 0 Å². The molecule has 0 radical (unpaired) electrons. The van der Waals surface area contributed by atoms with E-state index in [-0.39, 0.29) is 54.2 Å². The molecule has 2 aromatic rings. The van der Waals surface area contributed by atoms with Gasteiger partial charge in [-0.1, -0.05) is 12.1 Å². The van der Waals surface area contributed by atoms with Crippen molar-refractivity contribution >= 4 is 23.4 Å². The third-order valence-corrected chi connectivity index (χ3v) is 9.00. The molecule has 13 nitrogen and oxygen atoms in total. The minimum absolute atomic E-state index is 0.00713. The van der Waals surface area contributed by atoms with Crippen molar-refractivity contribution in [3.63, 3.8) is 0 Å². The highest BCUT2D eigenvalue weighted by Crippen LogP contribution is 2.52. The molecule has 2 heterocycles. The zero-order chi connectivity index (χ0) is 31.7. The van der Waals surface area contributed by atoms with Crippen molar-refractivity contribution in [2.45, 2.75) is 76.3 Å². The van der Waals surface area contributed by atoms with Crippen molar-refractivity contribution in [3.8, 4) is 17.2 Å². The van der Waals surface area contributed by atoms with Gasteiger partial charge in [0.05, 0.1) is 48.7 Å². The van der Waals surface area contributed by atoms with Crippen LogP contribution >= 0.6 is 0 Å². The number of phenols is 2. The van der Waals surface area contributed by atoms with Gasteiger partial charge in [0.25, 0.3) is 0 Å². The van der Waals surface area contributed by atoms with Gasteiger partial charge in [-0.05, 0) is 26.8 Å². The van der Waals surface area contributed by atoms with Crippen LogP contribution in [0.5, 0.6) is 17.2 Å². The lowest BCUT2D eigenvalue weighted by molar-refractivity contribution is -0.245. The molecule has 6 atom stereocenters. The molecule has 44 heavy (non-hydrogen) atoms. The summed E-state index contributed by atoms with van der Waals surface area (Å²) in [5.74, 6) is -3.23. The van der Waals surface area contributed by atoms with Crippen LogP contribution in [0, 0.1) is 0 Å². The summed E-state index contributed by atoms with van der Waals surface area (Å²) >= 11 is 0. The number of phenolic OH excluding ortho intramolecular Hbond substituents is 2. The summed E-state index contributed by atoms with van der Waals surface area (Å²) in [6.07, 6.45) is -4.51. The van der Waals surface area contributed by atoms with E-state index < -0.39 is 88.7 Å². The van der Waals surface area contributed by atoms with E-state index in [2.05, 4.69) is 0 Å². The van der Waals surface area contributed by atoms with E-state index in [1.54, 1.807) is 13.8 Å². The second kappa shape index (κ2) is 10.8. The number of ketones is 3. The maximum atomic E-state index is 13.8. The first-order valence-electron chi connectivity index (χ1n) is 14.4. The van der Waals surface area contributed by atoms with E-state index in [1.165, 1.54) is 37.1 Å². The Balaban J connectivity index is 1.43.